The number of nitrogens with one attached hydrogen (secondary N) is 1. The maximum Gasteiger partial charge on any atom is 0.387 e. The first-order valence-electron chi connectivity index (χ1n) is 8.11. The van der Waals surface area contributed by atoms with Crippen molar-refractivity contribution in [3.05, 3.63) is 53.6 Å². The monoisotopic (exact) mass is 394 g/mol. The second-order valence-electron chi connectivity index (χ2n) is 5.66. The smallest absolute Gasteiger partial charge is 0.387 e. The second kappa shape index (κ2) is 9.51. The van der Waals surface area contributed by atoms with Crippen LogP contribution in [0.25, 0.3) is 0 Å². The first-order valence-corrected chi connectivity index (χ1v) is 8.11. The molecule has 5 N–H and O–H groups in total. The lowest BCUT2D eigenvalue weighted by molar-refractivity contribution is -0.122. The molecule has 0 radical (unpaired) electrons. The van der Waals surface area contributed by atoms with E-state index in [2.05, 4.69) is 10.1 Å². The molecule has 150 valence electrons. The van der Waals surface area contributed by atoms with Crippen LogP contribution in [-0.4, -0.2) is 37.1 Å². The summed E-state index contributed by atoms with van der Waals surface area (Å²) in [6.07, 6.45) is 0. The fourth-order valence-electron chi connectivity index (χ4n) is 2.36. The highest BCUT2D eigenvalue weighted by Gasteiger charge is 2.21. The third-order valence-electron chi connectivity index (χ3n) is 3.71. The third kappa shape index (κ3) is 5.55. The zero-order valence-electron chi connectivity index (χ0n) is 15.0. The molecule has 0 saturated heterocycles. The Hall–Kier alpha value is -3.40. The van der Waals surface area contributed by atoms with Crippen LogP contribution >= 0.6 is 0 Å². The zero-order chi connectivity index (χ0) is 20.7. The number of benzene rings is 2. The number of amides is 2. The number of methoxy groups -OCH3 is 1. The maximum absolute atomic E-state index is 12.5. The lowest BCUT2D eigenvalue weighted by Gasteiger charge is -2.19. The number of nitrogen functional groups attached to an aromatic ring is 1. The topological polar surface area (TPSA) is 120 Å². The summed E-state index contributed by atoms with van der Waals surface area (Å²) < 4.78 is 33.6. The molecule has 0 fully saturated rings. The van der Waals surface area contributed by atoms with Crippen molar-refractivity contribution < 1.29 is 27.8 Å². The molecule has 0 aliphatic rings. The molecule has 10 heteroatoms. The Morgan fingerprint density at radius 2 is 1.86 bits per heavy atom. The quantitative estimate of drug-likeness (QED) is 0.270. The number of nitrogens with zero attached hydrogens (tertiary/aromatic N) is 1. The van der Waals surface area contributed by atoms with E-state index in [1.807, 2.05) is 0 Å². The minimum atomic E-state index is -2.91. The van der Waals surface area contributed by atoms with E-state index >= 15 is 0 Å². The van der Waals surface area contributed by atoms with Crippen molar-refractivity contribution in [2.45, 2.75) is 13.2 Å². The summed E-state index contributed by atoms with van der Waals surface area (Å²) in [7, 11) is 1.39. The van der Waals surface area contributed by atoms with E-state index < -0.39 is 25.0 Å². The summed E-state index contributed by atoms with van der Waals surface area (Å²) in [5, 5.41) is 3.30. The second-order valence-corrected chi connectivity index (χ2v) is 5.66. The first-order chi connectivity index (χ1) is 13.3. The number of anilines is 1. The van der Waals surface area contributed by atoms with Crippen molar-refractivity contribution in [3.8, 4) is 11.5 Å². The van der Waals surface area contributed by atoms with E-state index in [9.17, 15) is 18.4 Å². The van der Waals surface area contributed by atoms with Gasteiger partial charge in [-0.15, -0.1) is 0 Å². The number of hydrogen-bond acceptors (Lipinski definition) is 6. The average molecular weight is 394 g/mol. The lowest BCUT2D eigenvalue weighted by atomic mass is 10.1. The Bertz CT molecular complexity index is 831. The van der Waals surface area contributed by atoms with Crippen LogP contribution < -0.4 is 26.4 Å². The van der Waals surface area contributed by atoms with Gasteiger partial charge in [-0.2, -0.15) is 8.78 Å². The Morgan fingerprint density at radius 3 is 2.46 bits per heavy atom. The molecule has 28 heavy (non-hydrogen) atoms. The van der Waals surface area contributed by atoms with Crippen molar-refractivity contribution in [1.82, 2.24) is 10.3 Å². The molecule has 2 aromatic carbocycles. The number of hydrazine groups is 1. The van der Waals surface area contributed by atoms with E-state index in [0.717, 1.165) is 5.01 Å². The molecular formula is C18H20F2N4O4. The standard InChI is InChI=1S/C18H20F2N4O4/c1-27-14-4-2-3-13(21)16(14)17(26)24(22)10-15(25)23-9-11-5-7-12(8-6-11)28-18(19)20/h2-8,18H,9-10,21-22H2,1H3,(H,23,25). The van der Waals surface area contributed by atoms with Crippen LogP contribution in [0, 0.1) is 0 Å². The Labute approximate surface area is 160 Å². The van der Waals surface area contributed by atoms with Crippen LogP contribution in [0.5, 0.6) is 11.5 Å². The molecule has 0 aliphatic carbocycles. The normalized spacial score (nSPS) is 10.5. The van der Waals surface area contributed by atoms with Gasteiger partial charge in [-0.05, 0) is 29.8 Å². The lowest BCUT2D eigenvalue weighted by Crippen LogP contribution is -2.45. The van der Waals surface area contributed by atoms with E-state index in [4.69, 9.17) is 16.3 Å². The van der Waals surface area contributed by atoms with Crippen LogP contribution in [-0.2, 0) is 11.3 Å². The van der Waals surface area contributed by atoms with Crippen molar-refractivity contribution >= 4 is 17.5 Å². The maximum atomic E-state index is 12.5. The zero-order valence-corrected chi connectivity index (χ0v) is 15.0. The number of alkyl halides is 2. The van der Waals surface area contributed by atoms with Gasteiger partial charge in [0, 0.05) is 12.2 Å². The largest absolute Gasteiger partial charge is 0.496 e. The van der Waals surface area contributed by atoms with Gasteiger partial charge in [0.25, 0.3) is 5.91 Å². The molecule has 2 amide bonds. The van der Waals surface area contributed by atoms with Crippen molar-refractivity contribution in [1.29, 1.82) is 0 Å². The van der Waals surface area contributed by atoms with Crippen molar-refractivity contribution in [2.24, 2.45) is 5.84 Å². The Kier molecular flexibility index (Phi) is 7.10. The van der Waals surface area contributed by atoms with E-state index in [0.29, 0.717) is 5.56 Å². The van der Waals surface area contributed by atoms with E-state index in [1.54, 1.807) is 12.1 Å². The fourth-order valence-corrected chi connectivity index (χ4v) is 2.36. The van der Waals surface area contributed by atoms with Gasteiger partial charge in [0.1, 0.15) is 23.6 Å². The van der Waals surface area contributed by atoms with Gasteiger partial charge in [0.2, 0.25) is 5.91 Å². The summed E-state index contributed by atoms with van der Waals surface area (Å²) in [6, 6.07) is 10.5. The first kappa shape index (κ1) is 20.9. The molecule has 0 unspecified atom stereocenters. The molecule has 0 bridgehead atoms. The van der Waals surface area contributed by atoms with E-state index in [-0.39, 0.29) is 29.3 Å². The molecular weight excluding hydrogens is 374 g/mol. The van der Waals surface area contributed by atoms with Crippen LogP contribution in [0.2, 0.25) is 0 Å². The molecule has 2 aromatic rings. The number of halogens is 2. The molecule has 0 aromatic heterocycles. The number of rotatable bonds is 8. The van der Waals surface area contributed by atoms with Crippen LogP contribution in [0.4, 0.5) is 14.5 Å². The average Bonchev–Trinajstić information content (AvgIpc) is 2.66. The van der Waals surface area contributed by atoms with Crippen LogP contribution in [0.15, 0.2) is 42.5 Å². The third-order valence-corrected chi connectivity index (χ3v) is 3.71. The summed E-state index contributed by atoms with van der Waals surface area (Å²) in [6.45, 7) is -3.20. The van der Waals surface area contributed by atoms with Gasteiger partial charge in [0.15, 0.2) is 0 Å². The fraction of sp³-hybridized carbons (Fsp3) is 0.222. The molecule has 0 saturated carbocycles. The van der Waals surface area contributed by atoms with Crippen molar-refractivity contribution in [3.63, 3.8) is 0 Å². The van der Waals surface area contributed by atoms with Gasteiger partial charge < -0.3 is 20.5 Å². The molecule has 2 rings (SSSR count). The summed E-state index contributed by atoms with van der Waals surface area (Å²) in [5.74, 6) is 4.77. The van der Waals surface area contributed by atoms with Gasteiger partial charge >= 0.3 is 6.61 Å². The van der Waals surface area contributed by atoms with Crippen LogP contribution in [0.3, 0.4) is 0 Å². The molecule has 8 nitrogen and oxygen atoms in total. The molecule has 0 aliphatic heterocycles. The Balaban J connectivity index is 1.91. The van der Waals surface area contributed by atoms with Gasteiger partial charge in [0.05, 0.1) is 7.11 Å². The summed E-state index contributed by atoms with van der Waals surface area (Å²) in [5.41, 5.74) is 6.69. The van der Waals surface area contributed by atoms with E-state index in [1.165, 1.54) is 37.4 Å². The number of carbonyl (C=O) groups excluding carboxylic acids is 2. The molecule has 0 heterocycles. The number of carbonyl (C=O) groups is 2. The van der Waals surface area contributed by atoms with Crippen molar-refractivity contribution in [2.75, 3.05) is 19.4 Å². The highest BCUT2D eigenvalue weighted by atomic mass is 19.3. The Morgan fingerprint density at radius 1 is 1.18 bits per heavy atom. The summed E-state index contributed by atoms with van der Waals surface area (Å²) in [4.78, 5) is 24.5. The molecule has 0 atom stereocenters. The van der Waals surface area contributed by atoms with Gasteiger partial charge in [-0.1, -0.05) is 18.2 Å². The van der Waals surface area contributed by atoms with Crippen LogP contribution in [0.1, 0.15) is 15.9 Å². The SMILES string of the molecule is COc1cccc(N)c1C(=O)N(N)CC(=O)NCc1ccc(OC(F)F)cc1. The van der Waals surface area contributed by atoms with Gasteiger partial charge in [-0.25, -0.2) is 5.84 Å². The highest BCUT2D eigenvalue weighted by Crippen LogP contribution is 2.25. The minimum absolute atomic E-state index is 0.0122. The number of nitrogens with two attached hydrogens (primary N) is 2. The predicted octanol–water partition coefficient (Wildman–Crippen LogP) is 1.51. The van der Waals surface area contributed by atoms with Gasteiger partial charge in [-0.3, -0.25) is 14.6 Å². The summed E-state index contributed by atoms with van der Waals surface area (Å²) >= 11 is 0. The number of ether oxygens (including phenoxy) is 2. The molecule has 0 spiro atoms. The predicted molar refractivity (Wildman–Crippen MR) is 97.6 cm³/mol. The number of hydrogen-bond donors (Lipinski definition) is 3. The minimum Gasteiger partial charge on any atom is -0.496 e. The highest BCUT2D eigenvalue weighted by molar-refractivity contribution is 6.02.